The molecule has 2 aromatic rings. The zero-order chi connectivity index (χ0) is 13.1. The van der Waals surface area contributed by atoms with E-state index in [0.717, 1.165) is 20.5 Å². The van der Waals surface area contributed by atoms with E-state index < -0.39 is 0 Å². The van der Waals surface area contributed by atoms with E-state index in [1.54, 1.807) is 0 Å². The quantitative estimate of drug-likeness (QED) is 0.815. The molecule has 1 heterocycles. The van der Waals surface area contributed by atoms with Crippen molar-refractivity contribution in [2.24, 2.45) is 0 Å². The van der Waals surface area contributed by atoms with Gasteiger partial charge in [0.05, 0.1) is 5.69 Å². The molecule has 1 atom stereocenters. The van der Waals surface area contributed by atoms with E-state index in [1.807, 2.05) is 31.2 Å². The second kappa shape index (κ2) is 5.85. The number of halogens is 2. The Labute approximate surface area is 124 Å². The Balaban J connectivity index is 2.13. The SMILES string of the molecule is Cc1nc(NC(C)c2ccc(Br)cc2)ccc1Br. The molecule has 94 valence electrons. The summed E-state index contributed by atoms with van der Waals surface area (Å²) >= 11 is 6.89. The molecule has 1 unspecified atom stereocenters. The van der Waals surface area contributed by atoms with Crippen molar-refractivity contribution in [1.29, 1.82) is 0 Å². The standard InChI is InChI=1S/C14H14Br2N2/c1-9(11-3-5-12(15)6-4-11)17-14-8-7-13(16)10(2)18-14/h3-9H,1-2H3,(H,17,18). The Morgan fingerprint density at radius 1 is 1.06 bits per heavy atom. The van der Waals surface area contributed by atoms with E-state index in [4.69, 9.17) is 0 Å². The Kier molecular flexibility index (Phi) is 4.40. The zero-order valence-electron chi connectivity index (χ0n) is 10.2. The molecule has 2 rings (SSSR count). The van der Waals surface area contributed by atoms with Crippen LogP contribution in [0.5, 0.6) is 0 Å². The molecule has 0 fully saturated rings. The number of hydrogen-bond acceptors (Lipinski definition) is 2. The van der Waals surface area contributed by atoms with Crippen LogP contribution in [0.2, 0.25) is 0 Å². The van der Waals surface area contributed by atoms with Gasteiger partial charge in [-0.2, -0.15) is 0 Å². The van der Waals surface area contributed by atoms with Gasteiger partial charge in [-0.3, -0.25) is 0 Å². The lowest BCUT2D eigenvalue weighted by Gasteiger charge is -2.15. The molecule has 0 radical (unpaired) electrons. The summed E-state index contributed by atoms with van der Waals surface area (Å²) in [5.74, 6) is 0.895. The molecule has 0 amide bonds. The van der Waals surface area contributed by atoms with E-state index >= 15 is 0 Å². The normalized spacial score (nSPS) is 12.2. The average molecular weight is 370 g/mol. The first-order chi connectivity index (χ1) is 8.56. The first kappa shape index (κ1) is 13.6. The molecule has 0 aliphatic heterocycles. The molecule has 1 N–H and O–H groups in total. The third kappa shape index (κ3) is 3.33. The molecule has 2 nitrogen and oxygen atoms in total. The van der Waals surface area contributed by atoms with E-state index in [-0.39, 0.29) is 6.04 Å². The predicted octanol–water partition coefficient (Wildman–Crippen LogP) is 5.09. The Bertz CT molecular complexity index is 538. The van der Waals surface area contributed by atoms with Crippen LogP contribution in [-0.2, 0) is 0 Å². The second-order valence-corrected chi connectivity index (χ2v) is 5.95. The summed E-state index contributed by atoms with van der Waals surface area (Å²) in [6.07, 6.45) is 0. The summed E-state index contributed by atoms with van der Waals surface area (Å²) in [6, 6.07) is 12.5. The highest BCUT2D eigenvalue weighted by Crippen LogP contribution is 2.22. The minimum atomic E-state index is 0.228. The number of rotatable bonds is 3. The third-order valence-corrected chi connectivity index (χ3v) is 4.12. The van der Waals surface area contributed by atoms with E-state index in [0.29, 0.717) is 0 Å². The molecule has 18 heavy (non-hydrogen) atoms. The predicted molar refractivity (Wildman–Crippen MR) is 82.9 cm³/mol. The van der Waals surface area contributed by atoms with Crippen molar-refractivity contribution in [2.75, 3.05) is 5.32 Å². The maximum Gasteiger partial charge on any atom is 0.126 e. The van der Waals surface area contributed by atoms with Gasteiger partial charge in [0.15, 0.2) is 0 Å². The fraction of sp³-hybridized carbons (Fsp3) is 0.214. The van der Waals surface area contributed by atoms with Crippen LogP contribution in [-0.4, -0.2) is 4.98 Å². The molecule has 1 aromatic heterocycles. The summed E-state index contributed by atoms with van der Waals surface area (Å²) in [5.41, 5.74) is 2.23. The van der Waals surface area contributed by atoms with Gasteiger partial charge in [-0.15, -0.1) is 0 Å². The fourth-order valence-electron chi connectivity index (χ4n) is 1.68. The minimum Gasteiger partial charge on any atom is -0.364 e. The lowest BCUT2D eigenvalue weighted by atomic mass is 10.1. The number of anilines is 1. The Hall–Kier alpha value is -0.870. The van der Waals surface area contributed by atoms with Gasteiger partial charge in [-0.25, -0.2) is 4.98 Å². The molecule has 1 aromatic carbocycles. The largest absolute Gasteiger partial charge is 0.364 e. The van der Waals surface area contributed by atoms with Gasteiger partial charge < -0.3 is 5.32 Å². The first-order valence-electron chi connectivity index (χ1n) is 5.71. The van der Waals surface area contributed by atoms with E-state index in [1.165, 1.54) is 5.56 Å². The van der Waals surface area contributed by atoms with Crippen molar-refractivity contribution in [2.45, 2.75) is 19.9 Å². The Morgan fingerprint density at radius 3 is 2.33 bits per heavy atom. The molecular weight excluding hydrogens is 356 g/mol. The number of nitrogens with zero attached hydrogens (tertiary/aromatic N) is 1. The highest BCUT2D eigenvalue weighted by atomic mass is 79.9. The van der Waals surface area contributed by atoms with E-state index in [9.17, 15) is 0 Å². The maximum atomic E-state index is 4.49. The molecule has 0 aliphatic carbocycles. The van der Waals surface area contributed by atoms with Crippen LogP contribution in [0.15, 0.2) is 45.3 Å². The summed E-state index contributed by atoms with van der Waals surface area (Å²) in [5, 5.41) is 3.40. The summed E-state index contributed by atoms with van der Waals surface area (Å²) in [7, 11) is 0. The highest BCUT2D eigenvalue weighted by molar-refractivity contribution is 9.10. The molecule has 0 saturated carbocycles. The van der Waals surface area contributed by atoms with Gasteiger partial charge in [0, 0.05) is 15.0 Å². The monoisotopic (exact) mass is 368 g/mol. The molecule has 0 spiro atoms. The van der Waals surface area contributed by atoms with Crippen molar-refractivity contribution in [3.8, 4) is 0 Å². The lowest BCUT2D eigenvalue weighted by Crippen LogP contribution is -2.08. The molecule has 0 aliphatic rings. The van der Waals surface area contributed by atoms with E-state index in [2.05, 4.69) is 61.2 Å². The van der Waals surface area contributed by atoms with Gasteiger partial charge in [-0.1, -0.05) is 28.1 Å². The third-order valence-electron chi connectivity index (χ3n) is 2.76. The number of pyridine rings is 1. The average Bonchev–Trinajstić information content (AvgIpc) is 2.34. The van der Waals surface area contributed by atoms with Crippen LogP contribution < -0.4 is 5.32 Å². The fourth-order valence-corrected chi connectivity index (χ4v) is 2.17. The van der Waals surface area contributed by atoms with Gasteiger partial charge >= 0.3 is 0 Å². The summed E-state index contributed by atoms with van der Waals surface area (Å²) < 4.78 is 2.13. The van der Waals surface area contributed by atoms with Crippen molar-refractivity contribution < 1.29 is 0 Å². The molecular formula is C14H14Br2N2. The van der Waals surface area contributed by atoms with Crippen molar-refractivity contribution in [1.82, 2.24) is 4.98 Å². The first-order valence-corrected chi connectivity index (χ1v) is 7.30. The molecule has 0 bridgehead atoms. The van der Waals surface area contributed by atoms with Gasteiger partial charge in [0.25, 0.3) is 0 Å². The van der Waals surface area contributed by atoms with Crippen molar-refractivity contribution in [3.05, 3.63) is 56.6 Å². The van der Waals surface area contributed by atoms with Crippen LogP contribution in [0.1, 0.15) is 24.2 Å². The summed E-state index contributed by atoms with van der Waals surface area (Å²) in [6.45, 7) is 4.11. The zero-order valence-corrected chi connectivity index (χ0v) is 13.4. The lowest BCUT2D eigenvalue weighted by molar-refractivity contribution is 0.871. The van der Waals surface area contributed by atoms with Gasteiger partial charge in [0.2, 0.25) is 0 Å². The number of aryl methyl sites for hydroxylation is 1. The molecule has 0 saturated heterocycles. The van der Waals surface area contributed by atoms with Crippen LogP contribution in [0, 0.1) is 6.92 Å². The minimum absolute atomic E-state index is 0.228. The molecule has 4 heteroatoms. The van der Waals surface area contributed by atoms with Crippen LogP contribution in [0.3, 0.4) is 0 Å². The summed E-state index contributed by atoms with van der Waals surface area (Å²) in [4.78, 5) is 4.49. The number of benzene rings is 1. The van der Waals surface area contributed by atoms with Crippen molar-refractivity contribution >= 4 is 37.7 Å². The number of hydrogen-bond donors (Lipinski definition) is 1. The van der Waals surface area contributed by atoms with Gasteiger partial charge in [0.1, 0.15) is 5.82 Å². The highest BCUT2D eigenvalue weighted by Gasteiger charge is 2.06. The van der Waals surface area contributed by atoms with Crippen LogP contribution in [0.4, 0.5) is 5.82 Å². The van der Waals surface area contributed by atoms with Crippen LogP contribution in [0.25, 0.3) is 0 Å². The Morgan fingerprint density at radius 2 is 1.72 bits per heavy atom. The maximum absolute atomic E-state index is 4.49. The number of aromatic nitrogens is 1. The second-order valence-electron chi connectivity index (χ2n) is 4.18. The van der Waals surface area contributed by atoms with Crippen molar-refractivity contribution in [3.63, 3.8) is 0 Å². The smallest absolute Gasteiger partial charge is 0.126 e. The number of nitrogens with one attached hydrogen (secondary N) is 1. The van der Waals surface area contributed by atoms with Gasteiger partial charge in [-0.05, 0) is 59.6 Å². The topological polar surface area (TPSA) is 24.9 Å². The van der Waals surface area contributed by atoms with Crippen LogP contribution >= 0.6 is 31.9 Å².